The minimum Gasteiger partial charge on any atom is -0.494 e. The minimum atomic E-state index is -1.10. The second kappa shape index (κ2) is 6.51. The Balaban J connectivity index is 2.00. The number of rotatable bonds is 6. The van der Waals surface area contributed by atoms with Crippen LogP contribution in [0.1, 0.15) is 23.8 Å². The van der Waals surface area contributed by atoms with Crippen molar-refractivity contribution in [1.29, 1.82) is 0 Å². The molecule has 2 N–H and O–H groups in total. The fourth-order valence-electron chi connectivity index (χ4n) is 1.51. The van der Waals surface area contributed by atoms with Gasteiger partial charge in [-0.05, 0) is 30.7 Å². The summed E-state index contributed by atoms with van der Waals surface area (Å²) < 4.78 is 5.48. The van der Waals surface area contributed by atoms with Gasteiger partial charge in [-0.2, -0.15) is 0 Å². The number of hydrogen-bond acceptors (Lipinski definition) is 5. The van der Waals surface area contributed by atoms with E-state index in [0.717, 1.165) is 17.9 Å². The molecule has 0 fully saturated rings. The second-order valence-corrected chi connectivity index (χ2v) is 4.09. The van der Waals surface area contributed by atoms with E-state index in [2.05, 4.69) is 22.2 Å². The first-order chi connectivity index (χ1) is 9.69. The zero-order chi connectivity index (χ0) is 14.4. The number of hydrogen-bond donors (Lipinski definition) is 2. The molecule has 0 spiro atoms. The molecule has 6 heteroatoms. The van der Waals surface area contributed by atoms with Crippen LogP contribution in [0.4, 0.5) is 11.5 Å². The van der Waals surface area contributed by atoms with Gasteiger partial charge in [-0.1, -0.05) is 6.92 Å². The highest BCUT2D eigenvalue weighted by atomic mass is 16.5. The molecule has 0 bridgehead atoms. The summed E-state index contributed by atoms with van der Waals surface area (Å²) in [6.45, 7) is 2.74. The summed E-state index contributed by atoms with van der Waals surface area (Å²) in [7, 11) is 0. The van der Waals surface area contributed by atoms with E-state index in [4.69, 9.17) is 9.84 Å². The molecule has 0 saturated carbocycles. The Bertz CT molecular complexity index is 567. The SMILES string of the molecule is CCCOc1ccc(Nc2cnc(C(=O)O)cn2)cc1. The van der Waals surface area contributed by atoms with Crippen molar-refractivity contribution in [1.82, 2.24) is 9.97 Å². The van der Waals surface area contributed by atoms with Gasteiger partial charge in [0.15, 0.2) is 5.69 Å². The van der Waals surface area contributed by atoms with E-state index in [-0.39, 0.29) is 5.69 Å². The van der Waals surface area contributed by atoms with Crippen molar-refractivity contribution in [2.45, 2.75) is 13.3 Å². The van der Waals surface area contributed by atoms with Gasteiger partial charge in [-0.3, -0.25) is 0 Å². The second-order valence-electron chi connectivity index (χ2n) is 4.09. The minimum absolute atomic E-state index is 0.0844. The molecular weight excluding hydrogens is 258 g/mol. The molecule has 2 aromatic rings. The first kappa shape index (κ1) is 13.8. The molecule has 0 radical (unpaired) electrons. The van der Waals surface area contributed by atoms with Crippen molar-refractivity contribution >= 4 is 17.5 Å². The number of carbonyl (C=O) groups is 1. The summed E-state index contributed by atoms with van der Waals surface area (Å²) in [6.07, 6.45) is 3.56. The normalized spacial score (nSPS) is 10.1. The topological polar surface area (TPSA) is 84.3 Å². The van der Waals surface area contributed by atoms with Gasteiger partial charge in [0, 0.05) is 5.69 Å². The summed E-state index contributed by atoms with van der Waals surface area (Å²) in [5.74, 6) is 0.198. The fourth-order valence-corrected chi connectivity index (χ4v) is 1.51. The number of carboxylic acid groups (broad SMARTS) is 1. The Kier molecular flexibility index (Phi) is 4.49. The maximum absolute atomic E-state index is 10.7. The number of benzene rings is 1. The molecule has 0 saturated heterocycles. The summed E-state index contributed by atoms with van der Waals surface area (Å²) in [4.78, 5) is 18.4. The number of carboxylic acids is 1. The highest BCUT2D eigenvalue weighted by molar-refractivity contribution is 5.85. The zero-order valence-corrected chi connectivity index (χ0v) is 11.0. The van der Waals surface area contributed by atoms with Crippen LogP contribution >= 0.6 is 0 Å². The number of aromatic carboxylic acids is 1. The Hall–Kier alpha value is -2.63. The first-order valence-electron chi connectivity index (χ1n) is 6.24. The van der Waals surface area contributed by atoms with Crippen molar-refractivity contribution in [2.24, 2.45) is 0 Å². The van der Waals surface area contributed by atoms with Gasteiger partial charge < -0.3 is 15.2 Å². The third kappa shape index (κ3) is 3.68. The van der Waals surface area contributed by atoms with Gasteiger partial charge in [0.25, 0.3) is 0 Å². The van der Waals surface area contributed by atoms with Crippen LogP contribution < -0.4 is 10.1 Å². The van der Waals surface area contributed by atoms with Gasteiger partial charge in [0.1, 0.15) is 11.6 Å². The molecule has 1 aromatic carbocycles. The number of aromatic nitrogens is 2. The van der Waals surface area contributed by atoms with E-state index < -0.39 is 5.97 Å². The van der Waals surface area contributed by atoms with Gasteiger partial charge >= 0.3 is 5.97 Å². The van der Waals surface area contributed by atoms with E-state index in [0.29, 0.717) is 12.4 Å². The quantitative estimate of drug-likeness (QED) is 0.841. The van der Waals surface area contributed by atoms with Crippen molar-refractivity contribution in [3.05, 3.63) is 42.4 Å². The number of anilines is 2. The predicted molar refractivity (Wildman–Crippen MR) is 74.5 cm³/mol. The smallest absolute Gasteiger partial charge is 0.356 e. The highest BCUT2D eigenvalue weighted by Gasteiger charge is 2.04. The zero-order valence-electron chi connectivity index (χ0n) is 11.0. The van der Waals surface area contributed by atoms with Crippen LogP contribution in [0, 0.1) is 0 Å². The van der Waals surface area contributed by atoms with Crippen molar-refractivity contribution in [3.63, 3.8) is 0 Å². The molecule has 1 heterocycles. The van der Waals surface area contributed by atoms with Gasteiger partial charge in [-0.25, -0.2) is 14.8 Å². The first-order valence-corrected chi connectivity index (χ1v) is 6.24. The van der Waals surface area contributed by atoms with Gasteiger partial charge in [0.05, 0.1) is 19.0 Å². The van der Waals surface area contributed by atoms with Crippen LogP contribution in [0.5, 0.6) is 5.75 Å². The lowest BCUT2D eigenvalue weighted by Crippen LogP contribution is -2.02. The van der Waals surface area contributed by atoms with Crippen molar-refractivity contribution in [3.8, 4) is 5.75 Å². The lowest BCUT2D eigenvalue weighted by Gasteiger charge is -2.07. The van der Waals surface area contributed by atoms with Crippen LogP contribution in [0.15, 0.2) is 36.7 Å². The lowest BCUT2D eigenvalue weighted by atomic mass is 10.3. The van der Waals surface area contributed by atoms with Crippen molar-refractivity contribution in [2.75, 3.05) is 11.9 Å². The van der Waals surface area contributed by atoms with E-state index in [1.165, 1.54) is 12.4 Å². The van der Waals surface area contributed by atoms with Crippen LogP contribution in [-0.2, 0) is 0 Å². The van der Waals surface area contributed by atoms with E-state index in [9.17, 15) is 4.79 Å². The van der Waals surface area contributed by atoms with Crippen molar-refractivity contribution < 1.29 is 14.6 Å². The lowest BCUT2D eigenvalue weighted by molar-refractivity contribution is 0.0690. The molecule has 0 aliphatic carbocycles. The molecule has 0 aliphatic heterocycles. The Morgan fingerprint density at radius 3 is 2.55 bits per heavy atom. The third-order valence-corrected chi connectivity index (χ3v) is 2.47. The Morgan fingerprint density at radius 1 is 1.25 bits per heavy atom. The molecule has 2 rings (SSSR count). The molecule has 0 unspecified atom stereocenters. The third-order valence-electron chi connectivity index (χ3n) is 2.47. The average molecular weight is 273 g/mol. The van der Waals surface area contributed by atoms with Crippen LogP contribution in [0.2, 0.25) is 0 Å². The standard InChI is InChI=1S/C14H15N3O3/c1-2-7-20-11-5-3-10(4-6-11)17-13-9-15-12(8-16-13)14(18)19/h3-6,8-9H,2,7H2,1H3,(H,16,17)(H,18,19). The molecule has 1 aromatic heterocycles. The molecule has 0 amide bonds. The van der Waals surface area contributed by atoms with E-state index in [1.807, 2.05) is 24.3 Å². The largest absolute Gasteiger partial charge is 0.494 e. The molecule has 6 nitrogen and oxygen atoms in total. The fraction of sp³-hybridized carbons (Fsp3) is 0.214. The summed E-state index contributed by atoms with van der Waals surface area (Å²) in [5.41, 5.74) is 0.741. The van der Waals surface area contributed by atoms with Gasteiger partial charge in [-0.15, -0.1) is 0 Å². The molecule has 0 atom stereocenters. The number of ether oxygens (including phenoxy) is 1. The monoisotopic (exact) mass is 273 g/mol. The van der Waals surface area contributed by atoms with Crippen LogP contribution in [0.3, 0.4) is 0 Å². The maximum atomic E-state index is 10.7. The highest BCUT2D eigenvalue weighted by Crippen LogP contribution is 2.18. The summed E-state index contributed by atoms with van der Waals surface area (Å²) >= 11 is 0. The molecule has 0 aliphatic rings. The number of nitrogens with one attached hydrogen (secondary N) is 1. The Morgan fingerprint density at radius 2 is 2.00 bits per heavy atom. The summed E-state index contributed by atoms with van der Waals surface area (Å²) in [6, 6.07) is 7.43. The molecular formula is C14H15N3O3. The Labute approximate surface area is 116 Å². The number of nitrogens with zero attached hydrogens (tertiary/aromatic N) is 2. The maximum Gasteiger partial charge on any atom is 0.356 e. The average Bonchev–Trinajstić information content (AvgIpc) is 2.47. The van der Waals surface area contributed by atoms with E-state index >= 15 is 0 Å². The van der Waals surface area contributed by atoms with Gasteiger partial charge in [0.2, 0.25) is 0 Å². The van der Waals surface area contributed by atoms with E-state index in [1.54, 1.807) is 0 Å². The summed E-state index contributed by atoms with van der Waals surface area (Å²) in [5, 5.41) is 11.8. The van der Waals surface area contributed by atoms with Crippen LogP contribution in [0.25, 0.3) is 0 Å². The predicted octanol–water partition coefficient (Wildman–Crippen LogP) is 2.71. The molecule has 104 valence electrons. The molecule has 20 heavy (non-hydrogen) atoms. The van der Waals surface area contributed by atoms with Crippen LogP contribution in [-0.4, -0.2) is 27.7 Å².